The highest BCUT2D eigenvalue weighted by Crippen LogP contribution is 2.26. The lowest BCUT2D eigenvalue weighted by molar-refractivity contribution is 0.871. The highest BCUT2D eigenvalue weighted by atomic mass is 79.9. The molecule has 7 heteroatoms. The molecule has 0 spiro atoms. The molecule has 0 aliphatic heterocycles. The number of rotatable bonds is 3. The van der Waals surface area contributed by atoms with E-state index in [4.69, 9.17) is 23.8 Å². The summed E-state index contributed by atoms with van der Waals surface area (Å²) in [6.45, 7) is 0. The second kappa shape index (κ2) is 6.56. The van der Waals surface area contributed by atoms with Gasteiger partial charge in [0.1, 0.15) is 0 Å². The van der Waals surface area contributed by atoms with Crippen molar-refractivity contribution in [2.24, 2.45) is 5.10 Å². The quantitative estimate of drug-likeness (QED) is 0.508. The van der Waals surface area contributed by atoms with Crippen molar-refractivity contribution < 1.29 is 0 Å². The fourth-order valence-electron chi connectivity index (χ4n) is 1.92. The smallest absolute Gasteiger partial charge is 0.216 e. The number of halogens is 2. The van der Waals surface area contributed by atoms with Gasteiger partial charge in [0.15, 0.2) is 5.82 Å². The molecule has 0 saturated carbocycles. The second-order valence-corrected chi connectivity index (χ2v) is 6.06. The minimum absolute atomic E-state index is 0.401. The molecule has 0 atom stereocenters. The lowest BCUT2D eigenvalue weighted by atomic mass is 10.2. The largest absolute Gasteiger partial charge is 0.250 e. The molecule has 1 N–H and O–H groups in total. The van der Waals surface area contributed by atoms with Crippen LogP contribution in [0.15, 0.2) is 58.1 Å². The van der Waals surface area contributed by atoms with E-state index >= 15 is 0 Å². The third kappa shape index (κ3) is 3.04. The summed E-state index contributed by atoms with van der Waals surface area (Å²) in [6.07, 6.45) is 1.72. The second-order valence-electron chi connectivity index (χ2n) is 4.41. The lowest BCUT2D eigenvalue weighted by Crippen LogP contribution is -1.95. The number of nitrogens with zero attached hydrogens (tertiary/aromatic N) is 3. The predicted octanol–water partition coefficient (Wildman–Crippen LogP) is 4.91. The molecular weight excluding hydrogens is 384 g/mol. The third-order valence-electron chi connectivity index (χ3n) is 2.98. The first kappa shape index (κ1) is 15.1. The van der Waals surface area contributed by atoms with Gasteiger partial charge in [-0.2, -0.15) is 14.9 Å². The average molecular weight is 394 g/mol. The van der Waals surface area contributed by atoms with E-state index in [1.165, 1.54) is 0 Å². The van der Waals surface area contributed by atoms with Crippen molar-refractivity contribution in [3.63, 3.8) is 0 Å². The van der Waals surface area contributed by atoms with Crippen LogP contribution >= 0.6 is 39.7 Å². The molecule has 3 rings (SSSR count). The fourth-order valence-corrected chi connectivity index (χ4v) is 2.70. The molecule has 1 heterocycles. The maximum atomic E-state index is 6.22. The summed E-state index contributed by atoms with van der Waals surface area (Å²) in [5, 5.41) is 12.0. The van der Waals surface area contributed by atoms with Gasteiger partial charge in [-0.15, -0.1) is 0 Å². The van der Waals surface area contributed by atoms with Gasteiger partial charge in [0, 0.05) is 15.6 Å². The number of nitrogens with one attached hydrogen (secondary N) is 1. The van der Waals surface area contributed by atoms with Crippen LogP contribution in [0.4, 0.5) is 0 Å². The standard InChI is InChI=1S/C15H10BrClN4S/c16-12-7-3-1-5-10(12)9-18-21-14(19-20-15(21)22)11-6-2-4-8-13(11)17/h1-9H,(H,20,22)/b18-9-. The van der Waals surface area contributed by atoms with E-state index in [9.17, 15) is 0 Å². The van der Waals surface area contributed by atoms with Crippen LogP contribution in [0.25, 0.3) is 11.4 Å². The molecule has 0 radical (unpaired) electrons. The SMILES string of the molecule is S=c1[nH]nc(-c2ccccc2Cl)n1/N=C\c1ccccc1Br. The van der Waals surface area contributed by atoms with Gasteiger partial charge in [-0.1, -0.05) is 57.9 Å². The highest BCUT2D eigenvalue weighted by molar-refractivity contribution is 9.10. The topological polar surface area (TPSA) is 46.0 Å². The molecule has 110 valence electrons. The predicted molar refractivity (Wildman–Crippen MR) is 95.0 cm³/mol. The van der Waals surface area contributed by atoms with Crippen LogP contribution in [0.5, 0.6) is 0 Å². The monoisotopic (exact) mass is 392 g/mol. The molecule has 0 bridgehead atoms. The molecule has 0 aliphatic rings. The fraction of sp³-hybridized carbons (Fsp3) is 0. The summed E-state index contributed by atoms with van der Waals surface area (Å²) >= 11 is 14.9. The molecule has 0 fully saturated rings. The van der Waals surface area contributed by atoms with Crippen molar-refractivity contribution in [2.45, 2.75) is 0 Å². The van der Waals surface area contributed by atoms with E-state index < -0.39 is 0 Å². The van der Waals surface area contributed by atoms with Crippen LogP contribution in [0.2, 0.25) is 5.02 Å². The van der Waals surface area contributed by atoms with E-state index in [1.807, 2.05) is 42.5 Å². The Balaban J connectivity index is 2.06. The Kier molecular flexibility index (Phi) is 4.52. The van der Waals surface area contributed by atoms with Crippen molar-refractivity contribution in [2.75, 3.05) is 0 Å². The van der Waals surface area contributed by atoms with Crippen molar-refractivity contribution in [1.29, 1.82) is 0 Å². The zero-order valence-electron chi connectivity index (χ0n) is 11.2. The summed E-state index contributed by atoms with van der Waals surface area (Å²) in [6, 6.07) is 15.2. The lowest BCUT2D eigenvalue weighted by Gasteiger charge is -2.03. The van der Waals surface area contributed by atoms with E-state index in [-0.39, 0.29) is 0 Å². The van der Waals surface area contributed by atoms with E-state index in [0.29, 0.717) is 15.6 Å². The van der Waals surface area contributed by atoms with Gasteiger partial charge in [-0.3, -0.25) is 0 Å². The van der Waals surface area contributed by atoms with Gasteiger partial charge in [-0.05, 0) is 30.4 Å². The van der Waals surface area contributed by atoms with Crippen LogP contribution in [0.3, 0.4) is 0 Å². The van der Waals surface area contributed by atoms with Crippen LogP contribution in [0.1, 0.15) is 5.56 Å². The van der Waals surface area contributed by atoms with Crippen molar-refractivity contribution in [1.82, 2.24) is 14.9 Å². The number of hydrogen-bond acceptors (Lipinski definition) is 3. The first-order valence-electron chi connectivity index (χ1n) is 6.38. The van der Waals surface area contributed by atoms with Gasteiger partial charge in [-0.25, -0.2) is 5.10 Å². The zero-order valence-corrected chi connectivity index (χ0v) is 14.4. The van der Waals surface area contributed by atoms with Crippen molar-refractivity contribution in [3.05, 3.63) is 68.4 Å². The Labute approximate surface area is 145 Å². The first-order chi connectivity index (χ1) is 10.7. The Bertz CT molecular complexity index is 900. The summed E-state index contributed by atoms with van der Waals surface area (Å²) in [4.78, 5) is 0. The highest BCUT2D eigenvalue weighted by Gasteiger charge is 2.11. The van der Waals surface area contributed by atoms with Crippen molar-refractivity contribution in [3.8, 4) is 11.4 Å². The Morgan fingerprint density at radius 2 is 1.91 bits per heavy atom. The van der Waals surface area contributed by atoms with Crippen LogP contribution < -0.4 is 0 Å². The molecule has 4 nitrogen and oxygen atoms in total. The molecular formula is C15H10BrClN4S. The number of H-pyrrole nitrogens is 1. The van der Waals surface area contributed by atoms with Crippen molar-refractivity contribution >= 4 is 46.0 Å². The summed E-state index contributed by atoms with van der Waals surface area (Å²) in [5.74, 6) is 0.568. The third-order valence-corrected chi connectivity index (χ3v) is 4.30. The van der Waals surface area contributed by atoms with Gasteiger partial charge in [0.2, 0.25) is 4.77 Å². The van der Waals surface area contributed by atoms with E-state index in [1.54, 1.807) is 17.0 Å². The Morgan fingerprint density at radius 3 is 2.68 bits per heavy atom. The zero-order chi connectivity index (χ0) is 15.5. The van der Waals surface area contributed by atoms with Gasteiger partial charge in [0.25, 0.3) is 0 Å². The summed E-state index contributed by atoms with van der Waals surface area (Å²) in [5.41, 5.74) is 1.71. The maximum Gasteiger partial charge on any atom is 0.216 e. The molecule has 0 amide bonds. The van der Waals surface area contributed by atoms with Gasteiger partial charge in [0.05, 0.1) is 11.2 Å². The minimum Gasteiger partial charge on any atom is -0.250 e. The number of benzene rings is 2. The Hall–Kier alpha value is -1.76. The Morgan fingerprint density at radius 1 is 1.18 bits per heavy atom. The average Bonchev–Trinajstić information content (AvgIpc) is 2.88. The molecule has 22 heavy (non-hydrogen) atoms. The summed E-state index contributed by atoms with van der Waals surface area (Å²) in [7, 11) is 0. The molecule has 3 aromatic rings. The normalized spacial score (nSPS) is 11.2. The molecule has 2 aromatic carbocycles. The van der Waals surface area contributed by atoms with E-state index in [0.717, 1.165) is 15.6 Å². The maximum absolute atomic E-state index is 6.22. The minimum atomic E-state index is 0.401. The summed E-state index contributed by atoms with van der Waals surface area (Å²) < 4.78 is 2.90. The first-order valence-corrected chi connectivity index (χ1v) is 7.96. The van der Waals surface area contributed by atoms with Crippen LogP contribution in [0, 0.1) is 4.77 Å². The van der Waals surface area contributed by atoms with Crippen LogP contribution in [-0.4, -0.2) is 21.1 Å². The molecule has 1 aromatic heterocycles. The van der Waals surface area contributed by atoms with Gasteiger partial charge >= 0.3 is 0 Å². The van der Waals surface area contributed by atoms with Gasteiger partial charge < -0.3 is 0 Å². The van der Waals surface area contributed by atoms with Crippen LogP contribution in [-0.2, 0) is 0 Å². The number of hydrogen-bond donors (Lipinski definition) is 1. The molecule has 0 aliphatic carbocycles. The number of aromatic nitrogens is 3. The van der Waals surface area contributed by atoms with E-state index in [2.05, 4.69) is 31.2 Å². The molecule has 0 saturated heterocycles. The number of aromatic amines is 1. The molecule has 0 unspecified atom stereocenters.